The van der Waals surface area contributed by atoms with E-state index >= 15 is 0 Å². The van der Waals surface area contributed by atoms with E-state index in [1.807, 2.05) is 0 Å². The Hall–Kier alpha value is -0.370. The highest BCUT2D eigenvalue weighted by atomic mass is 16.1. The molecule has 1 N–H and O–H groups in total. The van der Waals surface area contributed by atoms with Crippen LogP contribution in [-0.2, 0) is 4.79 Å². The molecule has 0 aromatic heterocycles. The number of nitrogens with one attached hydrogen (secondary N) is 1. The van der Waals surface area contributed by atoms with Crippen molar-refractivity contribution in [2.45, 2.75) is 33.1 Å². The molecule has 0 saturated carbocycles. The summed E-state index contributed by atoms with van der Waals surface area (Å²) in [4.78, 5) is 11.5. The second kappa shape index (κ2) is 4.61. The van der Waals surface area contributed by atoms with Crippen molar-refractivity contribution in [2.75, 3.05) is 13.1 Å². The van der Waals surface area contributed by atoms with Gasteiger partial charge in [0, 0.05) is 25.4 Å². The zero-order valence-electron chi connectivity index (χ0n) is 8.10. The molecule has 70 valence electrons. The van der Waals surface area contributed by atoms with E-state index in [0.717, 1.165) is 19.5 Å². The largest absolute Gasteiger partial charge is 0.316 e. The van der Waals surface area contributed by atoms with Crippen LogP contribution in [0.5, 0.6) is 0 Å². The third-order valence-corrected chi connectivity index (χ3v) is 2.76. The van der Waals surface area contributed by atoms with Crippen LogP contribution in [0.4, 0.5) is 0 Å². The van der Waals surface area contributed by atoms with Crippen molar-refractivity contribution in [1.29, 1.82) is 0 Å². The Labute approximate surface area is 74.7 Å². The predicted molar refractivity (Wildman–Crippen MR) is 50.1 cm³/mol. The molecule has 1 heterocycles. The summed E-state index contributed by atoms with van der Waals surface area (Å²) in [6.45, 7) is 6.16. The molecule has 0 amide bonds. The fraction of sp³-hybridized carbons (Fsp3) is 0.900. The van der Waals surface area contributed by atoms with Crippen molar-refractivity contribution in [3.63, 3.8) is 0 Å². The Morgan fingerprint density at radius 2 is 2.42 bits per heavy atom. The maximum absolute atomic E-state index is 11.5. The van der Waals surface area contributed by atoms with E-state index in [1.165, 1.54) is 12.8 Å². The van der Waals surface area contributed by atoms with Gasteiger partial charge in [-0.15, -0.1) is 0 Å². The van der Waals surface area contributed by atoms with Crippen molar-refractivity contribution in [1.82, 2.24) is 5.32 Å². The van der Waals surface area contributed by atoms with Gasteiger partial charge in [0.15, 0.2) is 0 Å². The summed E-state index contributed by atoms with van der Waals surface area (Å²) >= 11 is 0. The topological polar surface area (TPSA) is 29.1 Å². The molecule has 0 spiro atoms. The molecule has 0 radical (unpaired) electrons. The maximum Gasteiger partial charge on any atom is 0.138 e. The van der Waals surface area contributed by atoms with Crippen LogP contribution in [0.25, 0.3) is 0 Å². The summed E-state index contributed by atoms with van der Waals surface area (Å²) in [7, 11) is 0. The summed E-state index contributed by atoms with van der Waals surface area (Å²) in [6, 6.07) is 0. The van der Waals surface area contributed by atoms with Crippen molar-refractivity contribution >= 4 is 5.78 Å². The zero-order chi connectivity index (χ0) is 8.97. The van der Waals surface area contributed by atoms with Gasteiger partial charge >= 0.3 is 0 Å². The summed E-state index contributed by atoms with van der Waals surface area (Å²) in [5.41, 5.74) is 0. The fourth-order valence-corrected chi connectivity index (χ4v) is 1.94. The molecular formula is C10H19NO. The smallest absolute Gasteiger partial charge is 0.138 e. The Bertz CT molecular complexity index is 156. The highest BCUT2D eigenvalue weighted by Gasteiger charge is 2.26. The normalized spacial score (nSPS) is 27.2. The van der Waals surface area contributed by atoms with Crippen molar-refractivity contribution in [3.8, 4) is 0 Å². The molecule has 2 unspecified atom stereocenters. The van der Waals surface area contributed by atoms with Gasteiger partial charge in [-0.05, 0) is 5.92 Å². The molecule has 0 bridgehead atoms. The standard InChI is InChI=1S/C10H19NO/c1-3-4-8(2)9-7-11-6-5-10(9)12/h8-9,11H,3-7H2,1-2H3. The number of rotatable bonds is 3. The molecule has 12 heavy (non-hydrogen) atoms. The average molecular weight is 169 g/mol. The monoisotopic (exact) mass is 169 g/mol. The van der Waals surface area contributed by atoms with Crippen molar-refractivity contribution in [2.24, 2.45) is 11.8 Å². The van der Waals surface area contributed by atoms with E-state index in [1.54, 1.807) is 0 Å². The van der Waals surface area contributed by atoms with Gasteiger partial charge in [-0.1, -0.05) is 26.7 Å². The lowest BCUT2D eigenvalue weighted by Gasteiger charge is -2.26. The second-order valence-electron chi connectivity index (χ2n) is 3.79. The SMILES string of the molecule is CCCC(C)C1CNCCC1=O. The van der Waals surface area contributed by atoms with Gasteiger partial charge in [-0.25, -0.2) is 0 Å². The first-order chi connectivity index (χ1) is 5.75. The van der Waals surface area contributed by atoms with E-state index < -0.39 is 0 Å². The van der Waals surface area contributed by atoms with Crippen LogP contribution in [0.2, 0.25) is 0 Å². The zero-order valence-corrected chi connectivity index (χ0v) is 8.10. The highest BCUT2D eigenvalue weighted by Crippen LogP contribution is 2.20. The maximum atomic E-state index is 11.5. The number of carbonyl (C=O) groups is 1. The Morgan fingerprint density at radius 1 is 1.67 bits per heavy atom. The molecule has 0 aromatic rings. The number of carbonyl (C=O) groups excluding carboxylic acids is 1. The molecule has 1 saturated heterocycles. The fourth-order valence-electron chi connectivity index (χ4n) is 1.94. The van der Waals surface area contributed by atoms with Gasteiger partial charge in [-0.3, -0.25) is 4.79 Å². The Balaban J connectivity index is 2.42. The lowest BCUT2D eigenvalue weighted by Crippen LogP contribution is -2.40. The number of hydrogen-bond acceptors (Lipinski definition) is 2. The molecule has 0 aliphatic carbocycles. The van der Waals surface area contributed by atoms with Crippen LogP contribution in [-0.4, -0.2) is 18.9 Å². The molecule has 2 nitrogen and oxygen atoms in total. The predicted octanol–water partition coefficient (Wildman–Crippen LogP) is 1.60. The minimum absolute atomic E-state index is 0.290. The van der Waals surface area contributed by atoms with E-state index in [9.17, 15) is 4.79 Å². The molecule has 1 aliphatic rings. The van der Waals surface area contributed by atoms with Crippen LogP contribution in [0, 0.1) is 11.8 Å². The first kappa shape index (κ1) is 9.72. The number of ketones is 1. The van der Waals surface area contributed by atoms with Gasteiger partial charge in [0.2, 0.25) is 0 Å². The second-order valence-corrected chi connectivity index (χ2v) is 3.79. The van der Waals surface area contributed by atoms with E-state index in [-0.39, 0.29) is 0 Å². The van der Waals surface area contributed by atoms with Crippen molar-refractivity contribution < 1.29 is 4.79 Å². The molecule has 1 fully saturated rings. The number of hydrogen-bond donors (Lipinski definition) is 1. The summed E-state index contributed by atoms with van der Waals surface area (Å²) in [5, 5.41) is 3.28. The molecule has 1 aliphatic heterocycles. The lowest BCUT2D eigenvalue weighted by atomic mass is 9.84. The van der Waals surface area contributed by atoms with E-state index in [2.05, 4.69) is 19.2 Å². The van der Waals surface area contributed by atoms with Crippen LogP contribution in [0.1, 0.15) is 33.1 Å². The first-order valence-electron chi connectivity index (χ1n) is 4.99. The molecule has 2 heteroatoms. The molecule has 1 rings (SSSR count). The quantitative estimate of drug-likeness (QED) is 0.695. The summed E-state index contributed by atoms with van der Waals surface area (Å²) < 4.78 is 0. The minimum atomic E-state index is 0.290. The van der Waals surface area contributed by atoms with Gasteiger partial charge < -0.3 is 5.32 Å². The lowest BCUT2D eigenvalue weighted by molar-refractivity contribution is -0.125. The molecular weight excluding hydrogens is 150 g/mol. The third kappa shape index (κ3) is 2.31. The Morgan fingerprint density at radius 3 is 3.00 bits per heavy atom. The van der Waals surface area contributed by atoms with Crippen LogP contribution < -0.4 is 5.32 Å². The van der Waals surface area contributed by atoms with E-state index in [0.29, 0.717) is 17.6 Å². The van der Waals surface area contributed by atoms with Gasteiger partial charge in [0.05, 0.1) is 0 Å². The third-order valence-electron chi connectivity index (χ3n) is 2.76. The van der Waals surface area contributed by atoms with Gasteiger partial charge in [0.25, 0.3) is 0 Å². The van der Waals surface area contributed by atoms with Crippen LogP contribution in [0.3, 0.4) is 0 Å². The van der Waals surface area contributed by atoms with Crippen LogP contribution in [0.15, 0.2) is 0 Å². The number of Topliss-reactive ketones (excluding diaryl/α,β-unsaturated/α-hetero) is 1. The minimum Gasteiger partial charge on any atom is -0.316 e. The number of piperidine rings is 1. The highest BCUT2D eigenvalue weighted by molar-refractivity contribution is 5.82. The average Bonchev–Trinajstić information content (AvgIpc) is 2.05. The summed E-state index contributed by atoms with van der Waals surface area (Å²) in [5.74, 6) is 1.32. The molecule has 0 aromatic carbocycles. The first-order valence-corrected chi connectivity index (χ1v) is 4.99. The van der Waals surface area contributed by atoms with Gasteiger partial charge in [-0.2, -0.15) is 0 Å². The molecule has 2 atom stereocenters. The summed E-state index contributed by atoms with van der Waals surface area (Å²) in [6.07, 6.45) is 3.10. The van der Waals surface area contributed by atoms with Crippen LogP contribution >= 0.6 is 0 Å². The van der Waals surface area contributed by atoms with Crippen molar-refractivity contribution in [3.05, 3.63) is 0 Å². The van der Waals surface area contributed by atoms with E-state index in [4.69, 9.17) is 0 Å². The van der Waals surface area contributed by atoms with Gasteiger partial charge in [0.1, 0.15) is 5.78 Å². The Kier molecular flexibility index (Phi) is 3.73.